The number of nitrogens with zero attached hydrogens (tertiary/aromatic N) is 2. The zero-order valence-electron chi connectivity index (χ0n) is 10.2. The summed E-state index contributed by atoms with van der Waals surface area (Å²) in [6.45, 7) is 0. The molecular weight excluding hydrogens is 278 g/mol. The second kappa shape index (κ2) is 5.07. The molecule has 2 aromatic heterocycles. The lowest BCUT2D eigenvalue weighted by molar-refractivity contribution is 0.102. The van der Waals surface area contributed by atoms with Crippen LogP contribution in [0.15, 0.2) is 42.0 Å². The van der Waals surface area contributed by atoms with E-state index in [9.17, 15) is 4.79 Å². The molecule has 3 rings (SSSR count). The van der Waals surface area contributed by atoms with Crippen molar-refractivity contribution in [2.45, 2.75) is 0 Å². The average molecular weight is 289 g/mol. The first-order valence-electron chi connectivity index (χ1n) is 5.65. The molecule has 0 bridgehead atoms. The summed E-state index contributed by atoms with van der Waals surface area (Å²) >= 11 is 2.98. The molecule has 6 heteroatoms. The Labute approximate surface area is 118 Å². The molecule has 1 N–H and O–H groups in total. The standard InChI is InChI=1S/C13H11N3OS2/c1-18-16-8-10(9-4-2-3-5-11(9)16)12(17)15-13-14-6-7-19-13/h2-8H,1H3,(H,14,15,17). The third-order valence-corrected chi connectivity index (χ3v) is 4.16. The Kier molecular flexibility index (Phi) is 3.27. The molecule has 0 radical (unpaired) electrons. The zero-order valence-corrected chi connectivity index (χ0v) is 11.8. The Morgan fingerprint density at radius 1 is 1.42 bits per heavy atom. The lowest BCUT2D eigenvalue weighted by atomic mass is 10.2. The molecule has 1 aromatic carbocycles. The molecule has 0 atom stereocenters. The van der Waals surface area contributed by atoms with Gasteiger partial charge in [0.1, 0.15) is 0 Å². The van der Waals surface area contributed by atoms with Gasteiger partial charge in [-0.3, -0.25) is 14.1 Å². The minimum Gasteiger partial charge on any atom is -0.298 e. The molecule has 3 aromatic rings. The van der Waals surface area contributed by atoms with Gasteiger partial charge >= 0.3 is 0 Å². The van der Waals surface area contributed by atoms with Crippen molar-refractivity contribution in [1.82, 2.24) is 8.96 Å². The monoisotopic (exact) mass is 289 g/mol. The summed E-state index contributed by atoms with van der Waals surface area (Å²) in [7, 11) is 0. The van der Waals surface area contributed by atoms with Crippen molar-refractivity contribution in [3.8, 4) is 0 Å². The Morgan fingerprint density at radius 3 is 3.00 bits per heavy atom. The Hall–Kier alpha value is -1.79. The van der Waals surface area contributed by atoms with Gasteiger partial charge in [-0.15, -0.1) is 11.3 Å². The molecule has 4 nitrogen and oxygen atoms in total. The normalized spacial score (nSPS) is 10.8. The minimum absolute atomic E-state index is 0.126. The molecule has 0 aliphatic heterocycles. The van der Waals surface area contributed by atoms with Gasteiger partial charge in [-0.2, -0.15) is 0 Å². The van der Waals surface area contributed by atoms with Crippen LogP contribution in [0.1, 0.15) is 10.4 Å². The van der Waals surface area contributed by atoms with Gasteiger partial charge in [0.05, 0.1) is 11.1 Å². The molecule has 96 valence electrons. The van der Waals surface area contributed by atoms with Crippen LogP contribution in [-0.4, -0.2) is 21.1 Å². The topological polar surface area (TPSA) is 46.9 Å². The Morgan fingerprint density at radius 2 is 2.26 bits per heavy atom. The van der Waals surface area contributed by atoms with Crippen LogP contribution in [0, 0.1) is 0 Å². The van der Waals surface area contributed by atoms with Gasteiger partial charge in [0.2, 0.25) is 0 Å². The summed E-state index contributed by atoms with van der Waals surface area (Å²) in [5, 5.41) is 6.21. The highest BCUT2D eigenvalue weighted by Gasteiger charge is 2.15. The van der Waals surface area contributed by atoms with Crippen molar-refractivity contribution >= 4 is 45.2 Å². The van der Waals surface area contributed by atoms with Gasteiger partial charge in [-0.05, 0) is 18.0 Å². The highest BCUT2D eigenvalue weighted by Crippen LogP contribution is 2.25. The van der Waals surface area contributed by atoms with Crippen LogP contribution < -0.4 is 5.32 Å². The number of fused-ring (bicyclic) bond motifs is 1. The van der Waals surface area contributed by atoms with Crippen molar-refractivity contribution in [3.05, 3.63) is 47.6 Å². The van der Waals surface area contributed by atoms with Gasteiger partial charge in [-0.1, -0.05) is 18.2 Å². The van der Waals surface area contributed by atoms with Crippen LogP contribution in [0.3, 0.4) is 0 Å². The Bertz CT molecular complexity index is 719. The molecule has 0 fully saturated rings. The molecular formula is C13H11N3OS2. The van der Waals surface area contributed by atoms with E-state index >= 15 is 0 Å². The van der Waals surface area contributed by atoms with E-state index in [4.69, 9.17) is 0 Å². The van der Waals surface area contributed by atoms with E-state index in [-0.39, 0.29) is 5.91 Å². The Balaban J connectivity index is 2.02. The molecule has 2 heterocycles. The number of carbonyl (C=O) groups excluding carboxylic acids is 1. The number of amides is 1. The number of aromatic nitrogens is 2. The number of para-hydroxylation sites is 1. The third-order valence-electron chi connectivity index (χ3n) is 2.77. The van der Waals surface area contributed by atoms with E-state index in [2.05, 4.69) is 10.3 Å². The summed E-state index contributed by atoms with van der Waals surface area (Å²) in [5.41, 5.74) is 1.71. The van der Waals surface area contributed by atoms with Crippen molar-refractivity contribution in [1.29, 1.82) is 0 Å². The predicted molar refractivity (Wildman–Crippen MR) is 80.9 cm³/mol. The first-order chi connectivity index (χ1) is 9.29. The second-order valence-corrected chi connectivity index (χ2v) is 5.51. The molecule has 0 unspecified atom stereocenters. The molecule has 19 heavy (non-hydrogen) atoms. The van der Waals surface area contributed by atoms with E-state index in [1.165, 1.54) is 11.3 Å². The summed E-state index contributed by atoms with van der Waals surface area (Å²) in [6.07, 6.45) is 5.51. The number of hydrogen-bond acceptors (Lipinski definition) is 4. The zero-order chi connectivity index (χ0) is 13.2. The lowest BCUT2D eigenvalue weighted by Crippen LogP contribution is -2.11. The third kappa shape index (κ3) is 2.24. The first kappa shape index (κ1) is 12.3. The summed E-state index contributed by atoms with van der Waals surface area (Å²) in [6, 6.07) is 7.87. The maximum atomic E-state index is 12.3. The van der Waals surface area contributed by atoms with Crippen molar-refractivity contribution < 1.29 is 4.79 Å². The van der Waals surface area contributed by atoms with Gasteiger partial charge in [-0.25, -0.2) is 4.98 Å². The average Bonchev–Trinajstić information content (AvgIpc) is 3.05. The van der Waals surface area contributed by atoms with E-state index in [0.717, 1.165) is 10.9 Å². The van der Waals surface area contributed by atoms with Crippen LogP contribution in [0.4, 0.5) is 5.13 Å². The van der Waals surface area contributed by atoms with Crippen LogP contribution in [0.2, 0.25) is 0 Å². The number of benzene rings is 1. The van der Waals surface area contributed by atoms with Crippen LogP contribution in [-0.2, 0) is 0 Å². The first-order valence-corrected chi connectivity index (χ1v) is 7.71. The number of hydrogen-bond donors (Lipinski definition) is 1. The van der Waals surface area contributed by atoms with Crippen molar-refractivity contribution in [2.24, 2.45) is 0 Å². The highest BCUT2D eigenvalue weighted by molar-refractivity contribution is 7.97. The summed E-state index contributed by atoms with van der Waals surface area (Å²) < 4.78 is 1.99. The lowest BCUT2D eigenvalue weighted by Gasteiger charge is -1.99. The fourth-order valence-electron chi connectivity index (χ4n) is 1.93. The van der Waals surface area contributed by atoms with E-state index in [0.29, 0.717) is 10.7 Å². The van der Waals surface area contributed by atoms with Gasteiger partial charge in [0.25, 0.3) is 5.91 Å². The highest BCUT2D eigenvalue weighted by atomic mass is 32.2. The molecule has 1 amide bonds. The van der Waals surface area contributed by atoms with Crippen molar-refractivity contribution in [3.63, 3.8) is 0 Å². The van der Waals surface area contributed by atoms with Gasteiger partial charge < -0.3 is 0 Å². The maximum Gasteiger partial charge on any atom is 0.259 e. The molecule has 0 spiro atoms. The summed E-state index contributed by atoms with van der Waals surface area (Å²) in [4.78, 5) is 16.4. The maximum absolute atomic E-state index is 12.3. The SMILES string of the molecule is CSn1cc(C(=O)Nc2nccs2)c2ccccc21. The van der Waals surface area contributed by atoms with Gasteiger partial charge in [0.15, 0.2) is 5.13 Å². The molecule has 0 aliphatic carbocycles. The van der Waals surface area contributed by atoms with E-state index in [1.54, 1.807) is 18.1 Å². The number of carbonyl (C=O) groups is 1. The quantitative estimate of drug-likeness (QED) is 0.803. The largest absolute Gasteiger partial charge is 0.298 e. The minimum atomic E-state index is -0.126. The molecule has 0 saturated heterocycles. The predicted octanol–water partition coefficient (Wildman–Crippen LogP) is 3.48. The van der Waals surface area contributed by atoms with E-state index in [1.807, 2.05) is 46.1 Å². The summed E-state index contributed by atoms with van der Waals surface area (Å²) in [5.74, 6) is -0.126. The van der Waals surface area contributed by atoms with Gasteiger partial charge in [0, 0.05) is 29.4 Å². The smallest absolute Gasteiger partial charge is 0.259 e. The van der Waals surface area contributed by atoms with Crippen molar-refractivity contribution in [2.75, 3.05) is 11.6 Å². The van der Waals surface area contributed by atoms with Crippen LogP contribution >= 0.6 is 23.3 Å². The van der Waals surface area contributed by atoms with Crippen LogP contribution in [0.5, 0.6) is 0 Å². The number of nitrogens with one attached hydrogen (secondary N) is 1. The second-order valence-electron chi connectivity index (χ2n) is 3.86. The van der Waals surface area contributed by atoms with E-state index < -0.39 is 0 Å². The molecule has 0 saturated carbocycles. The fraction of sp³-hybridized carbons (Fsp3) is 0.0769. The number of thiazole rings is 1. The number of rotatable bonds is 3. The fourth-order valence-corrected chi connectivity index (χ4v) is 3.02. The molecule has 0 aliphatic rings. The van der Waals surface area contributed by atoms with Crippen LogP contribution in [0.25, 0.3) is 10.9 Å². The number of anilines is 1.